The van der Waals surface area contributed by atoms with Crippen molar-refractivity contribution in [3.05, 3.63) is 22.2 Å². The van der Waals surface area contributed by atoms with E-state index in [2.05, 4.69) is 26.6 Å². The molecule has 0 heterocycles. The number of halogens is 3. The van der Waals surface area contributed by atoms with Gasteiger partial charge in [0.1, 0.15) is 0 Å². The molecular formula is C15H27BrCl2N2O3. The van der Waals surface area contributed by atoms with Crippen LogP contribution in [0.15, 0.2) is 16.6 Å². The molecule has 5 nitrogen and oxygen atoms in total. The van der Waals surface area contributed by atoms with Gasteiger partial charge in [-0.3, -0.25) is 0 Å². The predicted octanol–water partition coefficient (Wildman–Crippen LogP) is 2.76. The van der Waals surface area contributed by atoms with Gasteiger partial charge in [0, 0.05) is 26.2 Å². The zero-order valence-corrected chi connectivity index (χ0v) is 16.9. The first kappa shape index (κ1) is 25.0. The van der Waals surface area contributed by atoms with Crippen LogP contribution in [0.25, 0.3) is 0 Å². The molecule has 0 aliphatic rings. The number of rotatable bonds is 10. The Hall–Kier alpha value is -0.240. The largest absolute Gasteiger partial charge is 0.492 e. The molecule has 0 radical (unpaired) electrons. The van der Waals surface area contributed by atoms with E-state index in [1.165, 1.54) is 0 Å². The van der Waals surface area contributed by atoms with Crippen LogP contribution in [0.4, 0.5) is 0 Å². The maximum atomic E-state index is 9.13. The van der Waals surface area contributed by atoms with Gasteiger partial charge in [-0.25, -0.2) is 0 Å². The number of hydrogen-bond acceptors (Lipinski definition) is 5. The molecule has 0 aliphatic carbocycles. The van der Waals surface area contributed by atoms with Crippen LogP contribution >= 0.6 is 40.7 Å². The summed E-state index contributed by atoms with van der Waals surface area (Å²) in [6.45, 7) is 7.34. The Bertz CT molecular complexity index is 437. The number of benzene rings is 1. The molecule has 1 aromatic carbocycles. The minimum Gasteiger partial charge on any atom is -0.492 e. The molecular weight excluding hydrogens is 407 g/mol. The zero-order chi connectivity index (χ0) is 15.7. The maximum Gasteiger partial charge on any atom is 0.174 e. The molecule has 8 heteroatoms. The Morgan fingerprint density at radius 2 is 1.87 bits per heavy atom. The topological polar surface area (TPSA) is 62.8 Å². The maximum absolute atomic E-state index is 9.13. The van der Waals surface area contributed by atoms with Gasteiger partial charge in [0.15, 0.2) is 11.5 Å². The minimum atomic E-state index is -0.309. The van der Waals surface area contributed by atoms with Gasteiger partial charge in [-0.15, -0.1) is 24.8 Å². The van der Waals surface area contributed by atoms with Gasteiger partial charge in [0.25, 0.3) is 0 Å². The van der Waals surface area contributed by atoms with Gasteiger partial charge in [-0.1, -0.05) is 0 Å². The molecule has 136 valence electrons. The standard InChI is InChI=1S/C15H25BrN2O3.2ClH/c1-4-21-14-8-12(7-13(16)15(14)20-3)10-18-6-5-17-9-11(2)19;;/h7-8,11,17-19H,4-6,9-10H2,1-3H3;2*1H. The van der Waals surface area contributed by atoms with Crippen LogP contribution < -0.4 is 20.1 Å². The molecule has 1 unspecified atom stereocenters. The summed E-state index contributed by atoms with van der Waals surface area (Å²) in [5.41, 5.74) is 1.13. The van der Waals surface area contributed by atoms with Crippen molar-refractivity contribution in [2.45, 2.75) is 26.5 Å². The van der Waals surface area contributed by atoms with Crippen molar-refractivity contribution in [1.82, 2.24) is 10.6 Å². The van der Waals surface area contributed by atoms with Gasteiger partial charge in [0.05, 0.1) is 24.3 Å². The Kier molecular flexibility index (Phi) is 15.4. The van der Waals surface area contributed by atoms with Crippen molar-refractivity contribution in [3.8, 4) is 11.5 Å². The molecule has 0 saturated heterocycles. The summed E-state index contributed by atoms with van der Waals surface area (Å²) in [6.07, 6.45) is -0.309. The van der Waals surface area contributed by atoms with Crippen molar-refractivity contribution in [3.63, 3.8) is 0 Å². The van der Waals surface area contributed by atoms with Gasteiger partial charge in [0.2, 0.25) is 0 Å². The van der Waals surface area contributed by atoms with E-state index in [0.717, 1.165) is 41.2 Å². The summed E-state index contributed by atoms with van der Waals surface area (Å²) in [6, 6.07) is 4.01. The minimum absolute atomic E-state index is 0. The first-order valence-corrected chi connectivity index (χ1v) is 7.96. The van der Waals surface area contributed by atoms with Crippen LogP contribution in [0.5, 0.6) is 11.5 Å². The summed E-state index contributed by atoms with van der Waals surface area (Å²) in [7, 11) is 1.63. The number of methoxy groups -OCH3 is 1. The molecule has 0 aromatic heterocycles. The third-order valence-electron chi connectivity index (χ3n) is 2.82. The highest BCUT2D eigenvalue weighted by molar-refractivity contribution is 9.10. The van der Waals surface area contributed by atoms with Crippen LogP contribution in [0.3, 0.4) is 0 Å². The number of ether oxygens (including phenoxy) is 2. The van der Waals surface area contributed by atoms with Crippen molar-refractivity contribution in [2.24, 2.45) is 0 Å². The highest BCUT2D eigenvalue weighted by Crippen LogP contribution is 2.36. The second-order valence-corrected chi connectivity index (χ2v) is 5.63. The first-order chi connectivity index (χ1) is 10.1. The molecule has 1 rings (SSSR count). The second kappa shape index (κ2) is 14.1. The van der Waals surface area contributed by atoms with E-state index in [-0.39, 0.29) is 30.9 Å². The highest BCUT2D eigenvalue weighted by Gasteiger charge is 2.10. The average molecular weight is 434 g/mol. The molecule has 1 aromatic rings. The monoisotopic (exact) mass is 432 g/mol. The fourth-order valence-electron chi connectivity index (χ4n) is 1.90. The molecule has 3 N–H and O–H groups in total. The lowest BCUT2D eigenvalue weighted by molar-refractivity contribution is 0.191. The van der Waals surface area contributed by atoms with Crippen molar-refractivity contribution in [2.75, 3.05) is 33.4 Å². The molecule has 0 spiro atoms. The highest BCUT2D eigenvalue weighted by atomic mass is 79.9. The molecule has 0 bridgehead atoms. The third-order valence-corrected chi connectivity index (χ3v) is 3.41. The molecule has 0 fully saturated rings. The quantitative estimate of drug-likeness (QED) is 0.495. The number of hydrogen-bond donors (Lipinski definition) is 3. The van der Waals surface area contributed by atoms with Crippen LogP contribution in [0, 0.1) is 0 Å². The van der Waals surface area contributed by atoms with Crippen LogP contribution in [0.1, 0.15) is 19.4 Å². The molecule has 0 aliphatic heterocycles. The molecule has 0 saturated carbocycles. The Labute approximate surface area is 159 Å². The fourth-order valence-corrected chi connectivity index (χ4v) is 2.56. The Morgan fingerprint density at radius 3 is 2.43 bits per heavy atom. The van der Waals surface area contributed by atoms with Crippen LogP contribution in [-0.2, 0) is 6.54 Å². The normalized spacial score (nSPS) is 11.2. The van der Waals surface area contributed by atoms with Crippen LogP contribution in [-0.4, -0.2) is 44.6 Å². The zero-order valence-electron chi connectivity index (χ0n) is 13.7. The third kappa shape index (κ3) is 9.59. The van der Waals surface area contributed by atoms with E-state index < -0.39 is 0 Å². The molecule has 23 heavy (non-hydrogen) atoms. The lowest BCUT2D eigenvalue weighted by Crippen LogP contribution is -2.31. The average Bonchev–Trinajstić information content (AvgIpc) is 2.42. The van der Waals surface area contributed by atoms with E-state index in [1.54, 1.807) is 14.0 Å². The van der Waals surface area contributed by atoms with E-state index in [9.17, 15) is 0 Å². The number of aliphatic hydroxyl groups excluding tert-OH is 1. The van der Waals surface area contributed by atoms with Crippen molar-refractivity contribution < 1.29 is 14.6 Å². The SMILES string of the molecule is CCOc1cc(CNCCNCC(C)O)cc(Br)c1OC.Cl.Cl. The van der Waals surface area contributed by atoms with Crippen molar-refractivity contribution >= 4 is 40.7 Å². The van der Waals surface area contributed by atoms with Gasteiger partial charge in [-0.05, 0) is 47.5 Å². The Balaban J connectivity index is 0. The first-order valence-electron chi connectivity index (χ1n) is 7.17. The lowest BCUT2D eigenvalue weighted by Gasteiger charge is -2.14. The fraction of sp³-hybridized carbons (Fsp3) is 0.600. The summed E-state index contributed by atoms with van der Waals surface area (Å²) in [5, 5.41) is 15.6. The Morgan fingerprint density at radius 1 is 1.22 bits per heavy atom. The predicted molar refractivity (Wildman–Crippen MR) is 103 cm³/mol. The molecule has 0 amide bonds. The second-order valence-electron chi connectivity index (χ2n) is 4.77. The summed E-state index contributed by atoms with van der Waals surface area (Å²) >= 11 is 3.51. The van der Waals surface area contributed by atoms with Crippen molar-refractivity contribution in [1.29, 1.82) is 0 Å². The van der Waals surface area contributed by atoms with E-state index in [1.807, 2.05) is 19.1 Å². The lowest BCUT2D eigenvalue weighted by atomic mass is 10.2. The number of nitrogens with one attached hydrogen (secondary N) is 2. The molecule has 1 atom stereocenters. The van der Waals surface area contributed by atoms with Gasteiger partial charge in [-0.2, -0.15) is 0 Å². The van der Waals surface area contributed by atoms with E-state index in [4.69, 9.17) is 14.6 Å². The summed E-state index contributed by atoms with van der Waals surface area (Å²) < 4.78 is 11.8. The van der Waals surface area contributed by atoms with E-state index in [0.29, 0.717) is 13.2 Å². The summed E-state index contributed by atoms with van der Waals surface area (Å²) in [5.74, 6) is 1.47. The van der Waals surface area contributed by atoms with Gasteiger partial charge < -0.3 is 25.2 Å². The summed E-state index contributed by atoms with van der Waals surface area (Å²) in [4.78, 5) is 0. The van der Waals surface area contributed by atoms with E-state index >= 15 is 0 Å². The van der Waals surface area contributed by atoms with Gasteiger partial charge >= 0.3 is 0 Å². The van der Waals surface area contributed by atoms with Crippen LogP contribution in [0.2, 0.25) is 0 Å². The number of aliphatic hydroxyl groups is 1. The smallest absolute Gasteiger partial charge is 0.174 e.